The monoisotopic (exact) mass is 666 g/mol. The van der Waals surface area contributed by atoms with Gasteiger partial charge in [0.1, 0.15) is 0 Å². The minimum Gasteiger partial charge on any atom is -0.135 e. The van der Waals surface area contributed by atoms with E-state index in [1.54, 1.807) is 0 Å². The Morgan fingerprint density at radius 1 is 0.295 bits per heavy atom. The molecule has 0 nitrogen and oxygen atoms in total. The van der Waals surface area contributed by atoms with Gasteiger partial charge >= 0.3 is 0 Å². The SMILES string of the molecule is c1ccc2c(c1)sc1c3ccc(-c4cc5cc6sc(-c7ccc8c(c7)sc7c9ccccc9sc87)cc6cc5s4)cc3sc21. The molecule has 0 atom stereocenters. The first-order chi connectivity index (χ1) is 21.7. The normalized spacial score (nSPS) is 12.5. The predicted molar refractivity (Wildman–Crippen MR) is 205 cm³/mol. The van der Waals surface area contributed by atoms with E-state index in [0.717, 1.165) is 0 Å². The van der Waals surface area contributed by atoms with Crippen LogP contribution in [0.25, 0.3) is 100 Å². The number of rotatable bonds is 2. The van der Waals surface area contributed by atoms with Crippen LogP contribution in [0.15, 0.2) is 109 Å². The molecule has 5 aromatic carbocycles. The van der Waals surface area contributed by atoms with Crippen LogP contribution in [-0.4, -0.2) is 0 Å². The van der Waals surface area contributed by atoms with Crippen molar-refractivity contribution in [3.63, 3.8) is 0 Å². The summed E-state index contributed by atoms with van der Waals surface area (Å²) in [6, 6.07) is 41.3. The molecule has 0 N–H and O–H groups in total. The van der Waals surface area contributed by atoms with E-state index in [9.17, 15) is 0 Å². The van der Waals surface area contributed by atoms with Gasteiger partial charge in [-0.1, -0.05) is 60.7 Å². The molecule has 0 saturated heterocycles. The van der Waals surface area contributed by atoms with Gasteiger partial charge < -0.3 is 0 Å². The van der Waals surface area contributed by atoms with E-state index < -0.39 is 0 Å². The van der Waals surface area contributed by atoms with E-state index in [-0.39, 0.29) is 0 Å². The number of benzene rings is 5. The second-order valence-electron chi connectivity index (χ2n) is 11.3. The summed E-state index contributed by atoms with van der Waals surface area (Å²) in [5.41, 5.74) is 2.63. The van der Waals surface area contributed by atoms with E-state index in [0.29, 0.717) is 0 Å². The van der Waals surface area contributed by atoms with Crippen molar-refractivity contribution in [3.05, 3.63) is 109 Å². The average molecular weight is 667 g/mol. The van der Waals surface area contributed by atoms with Crippen LogP contribution < -0.4 is 0 Å². The van der Waals surface area contributed by atoms with E-state index in [2.05, 4.69) is 109 Å². The Kier molecular flexibility index (Phi) is 5.03. The summed E-state index contributed by atoms with van der Waals surface area (Å²) in [6.07, 6.45) is 0. The molecule has 0 saturated carbocycles. The lowest BCUT2D eigenvalue weighted by atomic mass is 10.1. The van der Waals surface area contributed by atoms with Crippen LogP contribution in [0.3, 0.4) is 0 Å². The lowest BCUT2D eigenvalue weighted by molar-refractivity contribution is 1.82. The lowest BCUT2D eigenvalue weighted by Crippen LogP contribution is -1.70. The molecule has 206 valence electrons. The number of fused-ring (bicyclic) bond motifs is 12. The van der Waals surface area contributed by atoms with Crippen molar-refractivity contribution in [2.75, 3.05) is 0 Å². The van der Waals surface area contributed by atoms with Gasteiger partial charge in [-0.3, -0.25) is 0 Å². The third-order valence-electron chi connectivity index (χ3n) is 8.70. The van der Waals surface area contributed by atoms with Crippen LogP contribution in [0.5, 0.6) is 0 Å². The highest BCUT2D eigenvalue weighted by atomic mass is 32.1. The quantitative estimate of drug-likeness (QED) is 0.172. The maximum Gasteiger partial charge on any atom is 0.0542 e. The fourth-order valence-electron chi connectivity index (χ4n) is 6.57. The Morgan fingerprint density at radius 3 is 1.18 bits per heavy atom. The summed E-state index contributed by atoms with van der Waals surface area (Å²) < 4.78 is 14.0. The maximum absolute atomic E-state index is 2.40. The zero-order valence-corrected chi connectivity index (χ0v) is 27.7. The molecule has 6 heteroatoms. The molecule has 0 fully saturated rings. The van der Waals surface area contributed by atoms with Crippen LogP contribution in [0.1, 0.15) is 0 Å². The van der Waals surface area contributed by atoms with Crippen LogP contribution in [0, 0.1) is 0 Å². The molecule has 6 heterocycles. The van der Waals surface area contributed by atoms with Crippen molar-refractivity contribution < 1.29 is 0 Å². The minimum atomic E-state index is 1.32. The van der Waals surface area contributed by atoms with Gasteiger partial charge in [-0.25, -0.2) is 0 Å². The highest BCUT2D eigenvalue weighted by Gasteiger charge is 2.16. The highest BCUT2D eigenvalue weighted by Crippen LogP contribution is 2.48. The number of hydrogen-bond donors (Lipinski definition) is 0. The fourth-order valence-corrected chi connectivity index (χ4v) is 14.1. The largest absolute Gasteiger partial charge is 0.135 e. The minimum absolute atomic E-state index is 1.32. The molecule has 0 aliphatic heterocycles. The molecular formula is C38H18S6. The van der Waals surface area contributed by atoms with E-state index in [1.165, 1.54) is 100 Å². The summed E-state index contributed by atoms with van der Waals surface area (Å²) in [7, 11) is 0. The third kappa shape index (κ3) is 3.47. The smallest absolute Gasteiger partial charge is 0.0542 e. The maximum atomic E-state index is 2.40. The second kappa shape index (κ2) is 8.98. The van der Waals surface area contributed by atoms with Crippen molar-refractivity contribution >= 4 is 147 Å². The Morgan fingerprint density at radius 2 is 0.705 bits per heavy atom. The molecule has 44 heavy (non-hydrogen) atoms. The van der Waals surface area contributed by atoms with Gasteiger partial charge in [0.05, 0.1) is 18.8 Å². The van der Waals surface area contributed by atoms with Crippen molar-refractivity contribution in [2.45, 2.75) is 0 Å². The van der Waals surface area contributed by atoms with Crippen LogP contribution in [-0.2, 0) is 0 Å². The molecule has 0 unspecified atom stereocenters. The summed E-state index contributed by atoms with van der Waals surface area (Å²) in [5.74, 6) is 0. The second-order valence-corrected chi connectivity index (χ2v) is 17.7. The standard InChI is InChI=1S/C38H18S6/c1-3-7-27-23(5-1)35-37(41-27)25-11-9-19(13-33(25)43-35)29-15-21-17-32-22(18-31(21)39-29)16-30(40-32)20-10-12-26-34(14-20)44-36-24-6-2-4-8-28(24)42-38(26)36/h1-18H. The van der Waals surface area contributed by atoms with Crippen LogP contribution >= 0.6 is 68.0 Å². The van der Waals surface area contributed by atoms with Crippen molar-refractivity contribution in [1.82, 2.24) is 0 Å². The molecule has 11 aromatic rings. The van der Waals surface area contributed by atoms with Crippen molar-refractivity contribution in [1.29, 1.82) is 0 Å². The molecular weight excluding hydrogens is 649 g/mol. The molecule has 0 bridgehead atoms. The Balaban J connectivity index is 0.978. The van der Waals surface area contributed by atoms with Crippen molar-refractivity contribution in [2.24, 2.45) is 0 Å². The van der Waals surface area contributed by atoms with E-state index >= 15 is 0 Å². The van der Waals surface area contributed by atoms with Gasteiger partial charge in [-0.15, -0.1) is 68.0 Å². The number of thiophene rings is 6. The first kappa shape index (κ1) is 24.7. The van der Waals surface area contributed by atoms with Gasteiger partial charge in [0.25, 0.3) is 0 Å². The zero-order valence-electron chi connectivity index (χ0n) is 22.8. The van der Waals surface area contributed by atoms with Crippen LogP contribution in [0.2, 0.25) is 0 Å². The van der Waals surface area contributed by atoms with Gasteiger partial charge in [0.15, 0.2) is 0 Å². The molecule has 0 spiro atoms. The molecule has 0 radical (unpaired) electrons. The highest BCUT2D eigenvalue weighted by molar-refractivity contribution is 7.37. The van der Waals surface area contributed by atoms with Gasteiger partial charge in [-0.2, -0.15) is 0 Å². The fraction of sp³-hybridized carbons (Fsp3) is 0. The average Bonchev–Trinajstić information content (AvgIpc) is 3.88. The topological polar surface area (TPSA) is 0 Å². The van der Waals surface area contributed by atoms with Gasteiger partial charge in [0.2, 0.25) is 0 Å². The molecule has 0 amide bonds. The summed E-state index contributed by atoms with van der Waals surface area (Å²) in [4.78, 5) is 2.69. The third-order valence-corrected chi connectivity index (χ3v) is 16.0. The van der Waals surface area contributed by atoms with Crippen molar-refractivity contribution in [3.8, 4) is 20.9 Å². The van der Waals surface area contributed by atoms with E-state index in [4.69, 9.17) is 0 Å². The summed E-state index contributed by atoms with van der Waals surface area (Å²) in [5, 5.41) is 8.23. The molecule has 11 rings (SSSR count). The zero-order chi connectivity index (χ0) is 28.5. The predicted octanol–water partition coefficient (Wildman–Crippen LogP) is 14.6. The van der Waals surface area contributed by atoms with E-state index in [1.807, 2.05) is 68.0 Å². The Labute approximate surface area is 275 Å². The van der Waals surface area contributed by atoms with Gasteiger partial charge in [0, 0.05) is 59.5 Å². The Bertz CT molecular complexity index is 2700. The first-order valence-corrected chi connectivity index (χ1v) is 19.3. The first-order valence-electron chi connectivity index (χ1n) is 14.4. The number of hydrogen-bond acceptors (Lipinski definition) is 6. The summed E-state index contributed by atoms with van der Waals surface area (Å²) in [6.45, 7) is 0. The Hall–Kier alpha value is -3.62. The summed E-state index contributed by atoms with van der Waals surface area (Å²) >= 11 is 11.5. The molecule has 0 aliphatic carbocycles. The molecule has 6 aromatic heterocycles. The van der Waals surface area contributed by atoms with Crippen LogP contribution in [0.4, 0.5) is 0 Å². The lowest BCUT2D eigenvalue weighted by Gasteiger charge is -1.98. The van der Waals surface area contributed by atoms with Gasteiger partial charge in [-0.05, 0) is 70.4 Å². The molecule has 0 aliphatic rings.